The number of carbonyl (C=O) groups excluding carboxylic acids is 1. The molecule has 2 heterocycles. The molecular weight excluding hydrogens is 286 g/mol. The molecule has 0 saturated carbocycles. The SMILES string of the molecule is CCCC/C=C/C=C/[C@@H]1CCC[C@H]2CC[C@@H](OC(C)=O)[C@H](C)N21. The van der Waals surface area contributed by atoms with Crippen LogP contribution in [0.5, 0.6) is 0 Å². The minimum atomic E-state index is -0.150. The standard InChI is InChI=1S/C20H33NO2/c1-4-5-6-7-8-9-11-18-12-10-13-19-14-15-20(23-17(3)22)16(2)21(18)19/h7-9,11,16,18-20H,4-6,10,12-15H2,1-3H3/b8-7+,11-9+/t16-,18+,19-,20+/m0/s1. The molecule has 2 saturated heterocycles. The average Bonchev–Trinajstić information content (AvgIpc) is 2.53. The van der Waals surface area contributed by atoms with Crippen molar-refractivity contribution in [3.63, 3.8) is 0 Å². The van der Waals surface area contributed by atoms with Crippen LogP contribution in [0, 0.1) is 0 Å². The van der Waals surface area contributed by atoms with E-state index >= 15 is 0 Å². The van der Waals surface area contributed by atoms with Crippen LogP contribution in [0.1, 0.15) is 72.1 Å². The van der Waals surface area contributed by atoms with E-state index in [2.05, 4.69) is 43.1 Å². The zero-order valence-corrected chi connectivity index (χ0v) is 15.0. The number of carbonyl (C=O) groups is 1. The van der Waals surface area contributed by atoms with Gasteiger partial charge in [0.15, 0.2) is 0 Å². The van der Waals surface area contributed by atoms with Crippen LogP contribution in [0.15, 0.2) is 24.3 Å². The molecule has 3 heteroatoms. The summed E-state index contributed by atoms with van der Waals surface area (Å²) in [6.07, 6.45) is 18.7. The Morgan fingerprint density at radius 3 is 2.78 bits per heavy atom. The number of rotatable bonds is 6. The Kier molecular flexibility index (Phi) is 7.35. The summed E-state index contributed by atoms with van der Waals surface area (Å²) < 4.78 is 5.55. The monoisotopic (exact) mass is 319 g/mol. The molecule has 0 aromatic carbocycles. The third kappa shape index (κ3) is 5.20. The molecule has 130 valence electrons. The molecule has 0 unspecified atom stereocenters. The van der Waals surface area contributed by atoms with Gasteiger partial charge in [0.05, 0.1) is 0 Å². The zero-order chi connectivity index (χ0) is 16.7. The van der Waals surface area contributed by atoms with Gasteiger partial charge in [0, 0.05) is 25.0 Å². The first-order valence-electron chi connectivity index (χ1n) is 9.41. The Balaban J connectivity index is 1.97. The van der Waals surface area contributed by atoms with Crippen LogP contribution in [0.25, 0.3) is 0 Å². The average molecular weight is 319 g/mol. The van der Waals surface area contributed by atoms with Gasteiger partial charge in [-0.15, -0.1) is 0 Å². The molecule has 0 amide bonds. The number of allylic oxidation sites excluding steroid dienone is 3. The number of hydrogen-bond acceptors (Lipinski definition) is 3. The van der Waals surface area contributed by atoms with Gasteiger partial charge in [0.1, 0.15) is 6.10 Å². The summed E-state index contributed by atoms with van der Waals surface area (Å²) in [5.41, 5.74) is 0. The summed E-state index contributed by atoms with van der Waals surface area (Å²) >= 11 is 0. The van der Waals surface area contributed by atoms with Crippen molar-refractivity contribution in [2.45, 2.75) is 96.4 Å². The molecule has 0 aromatic rings. The lowest BCUT2D eigenvalue weighted by atomic mass is 9.84. The molecule has 0 N–H and O–H groups in total. The minimum absolute atomic E-state index is 0.0536. The predicted molar refractivity (Wildman–Crippen MR) is 95.3 cm³/mol. The van der Waals surface area contributed by atoms with Gasteiger partial charge < -0.3 is 4.74 Å². The molecule has 3 nitrogen and oxygen atoms in total. The number of esters is 1. The van der Waals surface area contributed by atoms with Crippen LogP contribution in [-0.2, 0) is 9.53 Å². The summed E-state index contributed by atoms with van der Waals surface area (Å²) in [4.78, 5) is 13.9. The number of nitrogens with zero attached hydrogens (tertiary/aromatic N) is 1. The Bertz CT molecular complexity index is 429. The number of fused-ring (bicyclic) bond motifs is 1. The van der Waals surface area contributed by atoms with Gasteiger partial charge in [-0.1, -0.05) is 50.5 Å². The highest BCUT2D eigenvalue weighted by Gasteiger charge is 2.40. The summed E-state index contributed by atoms with van der Waals surface area (Å²) in [5.74, 6) is -0.150. The van der Waals surface area contributed by atoms with Gasteiger partial charge in [-0.3, -0.25) is 9.69 Å². The lowest BCUT2D eigenvalue weighted by Crippen LogP contribution is -2.58. The van der Waals surface area contributed by atoms with Crippen molar-refractivity contribution in [1.82, 2.24) is 4.90 Å². The van der Waals surface area contributed by atoms with E-state index in [0.29, 0.717) is 18.1 Å². The lowest BCUT2D eigenvalue weighted by Gasteiger charge is -2.50. The molecule has 0 aliphatic carbocycles. The first-order valence-corrected chi connectivity index (χ1v) is 9.41. The highest BCUT2D eigenvalue weighted by atomic mass is 16.5. The van der Waals surface area contributed by atoms with Gasteiger partial charge in [-0.25, -0.2) is 0 Å². The molecule has 2 aliphatic heterocycles. The Hall–Kier alpha value is -1.09. The number of ether oxygens (including phenoxy) is 1. The number of hydrogen-bond donors (Lipinski definition) is 0. The van der Waals surface area contributed by atoms with Crippen molar-refractivity contribution < 1.29 is 9.53 Å². The van der Waals surface area contributed by atoms with Crippen LogP contribution in [0.2, 0.25) is 0 Å². The van der Waals surface area contributed by atoms with E-state index in [1.54, 1.807) is 0 Å². The maximum atomic E-state index is 11.3. The molecule has 0 radical (unpaired) electrons. The van der Waals surface area contributed by atoms with Crippen LogP contribution >= 0.6 is 0 Å². The summed E-state index contributed by atoms with van der Waals surface area (Å²) in [7, 11) is 0. The second-order valence-corrected chi connectivity index (χ2v) is 7.02. The Labute approximate surface area is 141 Å². The quantitative estimate of drug-likeness (QED) is 0.406. The maximum absolute atomic E-state index is 11.3. The van der Waals surface area contributed by atoms with Crippen molar-refractivity contribution in [2.75, 3.05) is 0 Å². The van der Waals surface area contributed by atoms with E-state index < -0.39 is 0 Å². The van der Waals surface area contributed by atoms with Crippen molar-refractivity contribution in [3.05, 3.63) is 24.3 Å². The Morgan fingerprint density at radius 1 is 1.22 bits per heavy atom. The molecule has 2 rings (SSSR count). The van der Waals surface area contributed by atoms with E-state index in [9.17, 15) is 4.79 Å². The van der Waals surface area contributed by atoms with Gasteiger partial charge in [0.25, 0.3) is 0 Å². The topological polar surface area (TPSA) is 29.5 Å². The number of piperidine rings is 2. The molecule has 0 aromatic heterocycles. The predicted octanol–water partition coefficient (Wildman–Crippen LogP) is 4.63. The summed E-state index contributed by atoms with van der Waals surface area (Å²) in [6, 6.07) is 1.46. The smallest absolute Gasteiger partial charge is 0.302 e. The minimum Gasteiger partial charge on any atom is -0.461 e. The molecule has 4 atom stereocenters. The molecule has 0 bridgehead atoms. The van der Waals surface area contributed by atoms with E-state index in [0.717, 1.165) is 12.8 Å². The zero-order valence-electron chi connectivity index (χ0n) is 15.0. The molecule has 0 spiro atoms. The molecular formula is C20H33NO2. The van der Waals surface area contributed by atoms with Gasteiger partial charge in [-0.05, 0) is 39.0 Å². The first kappa shape index (κ1) is 18.3. The maximum Gasteiger partial charge on any atom is 0.302 e. The second-order valence-electron chi connectivity index (χ2n) is 7.02. The van der Waals surface area contributed by atoms with E-state index in [1.165, 1.54) is 45.4 Å². The highest BCUT2D eigenvalue weighted by molar-refractivity contribution is 5.66. The molecule has 2 aliphatic rings. The fourth-order valence-electron chi connectivity index (χ4n) is 4.10. The normalized spacial score (nSPS) is 32.3. The molecule has 23 heavy (non-hydrogen) atoms. The fraction of sp³-hybridized carbons (Fsp3) is 0.750. The first-order chi connectivity index (χ1) is 11.1. The summed E-state index contributed by atoms with van der Waals surface area (Å²) in [6.45, 7) is 5.97. The van der Waals surface area contributed by atoms with Gasteiger partial charge in [-0.2, -0.15) is 0 Å². The molecule has 2 fully saturated rings. The number of unbranched alkanes of at least 4 members (excludes halogenated alkanes) is 2. The highest BCUT2D eigenvalue weighted by Crippen LogP contribution is 2.35. The van der Waals surface area contributed by atoms with Crippen molar-refractivity contribution in [3.8, 4) is 0 Å². The van der Waals surface area contributed by atoms with Gasteiger partial charge >= 0.3 is 5.97 Å². The van der Waals surface area contributed by atoms with Crippen molar-refractivity contribution >= 4 is 5.97 Å². The van der Waals surface area contributed by atoms with E-state index in [-0.39, 0.29) is 12.1 Å². The fourth-order valence-corrected chi connectivity index (χ4v) is 4.10. The van der Waals surface area contributed by atoms with Crippen molar-refractivity contribution in [1.29, 1.82) is 0 Å². The van der Waals surface area contributed by atoms with Crippen LogP contribution in [0.3, 0.4) is 0 Å². The van der Waals surface area contributed by atoms with Crippen LogP contribution in [0.4, 0.5) is 0 Å². The van der Waals surface area contributed by atoms with Crippen molar-refractivity contribution in [2.24, 2.45) is 0 Å². The summed E-state index contributed by atoms with van der Waals surface area (Å²) in [5, 5.41) is 0. The largest absolute Gasteiger partial charge is 0.461 e. The van der Waals surface area contributed by atoms with E-state index in [4.69, 9.17) is 4.74 Å². The van der Waals surface area contributed by atoms with Gasteiger partial charge in [0.2, 0.25) is 0 Å². The lowest BCUT2D eigenvalue weighted by molar-refractivity contribution is -0.155. The Morgan fingerprint density at radius 2 is 2.04 bits per heavy atom. The third-order valence-electron chi connectivity index (χ3n) is 5.26. The second kappa shape index (κ2) is 9.27. The van der Waals surface area contributed by atoms with Crippen LogP contribution < -0.4 is 0 Å². The van der Waals surface area contributed by atoms with E-state index in [1.807, 2.05) is 0 Å². The third-order valence-corrected chi connectivity index (χ3v) is 5.26. The van der Waals surface area contributed by atoms with Crippen LogP contribution in [-0.4, -0.2) is 35.1 Å².